The van der Waals surface area contributed by atoms with Crippen LogP contribution >= 0.6 is 11.6 Å². The predicted octanol–water partition coefficient (Wildman–Crippen LogP) is 3.58. The first-order chi connectivity index (χ1) is 10.0. The zero-order valence-electron chi connectivity index (χ0n) is 12.3. The number of rotatable bonds is 5. The zero-order chi connectivity index (χ0) is 15.2. The van der Waals surface area contributed by atoms with Gasteiger partial charge in [0, 0.05) is 31.4 Å². The second-order valence-corrected chi connectivity index (χ2v) is 5.58. The highest BCUT2D eigenvalue weighted by Gasteiger charge is 2.05. The van der Waals surface area contributed by atoms with Crippen molar-refractivity contribution in [1.82, 2.24) is 4.90 Å². The molecule has 0 unspecified atom stereocenters. The third kappa shape index (κ3) is 4.80. The van der Waals surface area contributed by atoms with Crippen LogP contribution in [0.5, 0.6) is 0 Å². The first-order valence-corrected chi connectivity index (χ1v) is 7.20. The predicted molar refractivity (Wildman–Crippen MR) is 87.6 cm³/mol. The number of amides is 1. The Morgan fingerprint density at radius 3 is 2.43 bits per heavy atom. The Kier molecular flexibility index (Phi) is 5.23. The van der Waals surface area contributed by atoms with Crippen molar-refractivity contribution in [2.45, 2.75) is 13.0 Å². The molecular formula is C17H19ClN2O. The summed E-state index contributed by atoms with van der Waals surface area (Å²) in [6.07, 6.45) is 0.432. The molecule has 0 saturated carbocycles. The van der Waals surface area contributed by atoms with Crippen LogP contribution in [0.25, 0.3) is 0 Å². The number of nitrogens with zero attached hydrogens (tertiary/aromatic N) is 1. The van der Waals surface area contributed by atoms with Crippen molar-refractivity contribution in [3.63, 3.8) is 0 Å². The lowest BCUT2D eigenvalue weighted by molar-refractivity contribution is -0.127. The molecule has 0 heterocycles. The van der Waals surface area contributed by atoms with Crippen LogP contribution in [-0.4, -0.2) is 24.9 Å². The molecule has 0 radical (unpaired) electrons. The fraction of sp³-hybridized carbons (Fsp3) is 0.235. The Morgan fingerprint density at radius 2 is 1.81 bits per heavy atom. The molecule has 110 valence electrons. The molecule has 0 fully saturated rings. The fourth-order valence-electron chi connectivity index (χ4n) is 1.92. The molecule has 0 aliphatic heterocycles. The number of benzene rings is 2. The average molecular weight is 303 g/mol. The molecule has 0 aliphatic carbocycles. The minimum atomic E-state index is 0.106. The minimum Gasteiger partial charge on any atom is -0.381 e. The fourth-order valence-corrected chi connectivity index (χ4v) is 2.14. The standard InChI is InChI=1S/C17H19ClN2O/c1-20(2)17(21)11-13-6-8-16(9-7-13)19-12-14-4-3-5-15(18)10-14/h3-10,19H,11-12H2,1-2H3. The van der Waals surface area contributed by atoms with E-state index in [4.69, 9.17) is 11.6 Å². The highest BCUT2D eigenvalue weighted by atomic mass is 35.5. The molecule has 3 nitrogen and oxygen atoms in total. The van der Waals surface area contributed by atoms with E-state index in [0.717, 1.165) is 28.4 Å². The van der Waals surface area contributed by atoms with E-state index in [0.29, 0.717) is 6.42 Å². The second kappa shape index (κ2) is 7.14. The molecule has 2 rings (SSSR count). The van der Waals surface area contributed by atoms with Crippen molar-refractivity contribution in [2.75, 3.05) is 19.4 Å². The van der Waals surface area contributed by atoms with Crippen molar-refractivity contribution in [3.05, 3.63) is 64.7 Å². The molecule has 2 aromatic carbocycles. The van der Waals surface area contributed by atoms with Crippen LogP contribution in [0.3, 0.4) is 0 Å². The second-order valence-electron chi connectivity index (χ2n) is 5.15. The molecule has 2 aromatic rings. The van der Waals surface area contributed by atoms with Gasteiger partial charge in [0.15, 0.2) is 0 Å². The number of hydrogen-bond acceptors (Lipinski definition) is 2. The van der Waals surface area contributed by atoms with Gasteiger partial charge in [0.25, 0.3) is 0 Å². The Labute approximate surface area is 130 Å². The number of likely N-dealkylation sites (N-methyl/N-ethyl adjacent to an activating group) is 1. The monoisotopic (exact) mass is 302 g/mol. The topological polar surface area (TPSA) is 32.3 Å². The molecule has 0 bridgehead atoms. The van der Waals surface area contributed by atoms with E-state index in [2.05, 4.69) is 5.32 Å². The SMILES string of the molecule is CN(C)C(=O)Cc1ccc(NCc2cccc(Cl)c2)cc1. The zero-order valence-corrected chi connectivity index (χ0v) is 13.0. The van der Waals surface area contributed by atoms with E-state index in [1.165, 1.54) is 0 Å². The van der Waals surface area contributed by atoms with Crippen LogP contribution in [0.2, 0.25) is 5.02 Å². The van der Waals surface area contributed by atoms with Gasteiger partial charge >= 0.3 is 0 Å². The van der Waals surface area contributed by atoms with Crippen LogP contribution in [0.15, 0.2) is 48.5 Å². The highest BCUT2D eigenvalue weighted by Crippen LogP contribution is 2.14. The highest BCUT2D eigenvalue weighted by molar-refractivity contribution is 6.30. The third-order valence-electron chi connectivity index (χ3n) is 3.19. The summed E-state index contributed by atoms with van der Waals surface area (Å²) in [5.41, 5.74) is 3.17. The Morgan fingerprint density at radius 1 is 1.10 bits per heavy atom. The maximum atomic E-state index is 11.6. The number of hydrogen-bond donors (Lipinski definition) is 1. The van der Waals surface area contributed by atoms with Crippen LogP contribution in [-0.2, 0) is 17.8 Å². The number of anilines is 1. The van der Waals surface area contributed by atoms with Gasteiger partial charge in [-0.1, -0.05) is 35.9 Å². The van der Waals surface area contributed by atoms with E-state index < -0.39 is 0 Å². The Hall–Kier alpha value is -2.00. The summed E-state index contributed by atoms with van der Waals surface area (Å²) in [4.78, 5) is 13.2. The lowest BCUT2D eigenvalue weighted by atomic mass is 10.1. The van der Waals surface area contributed by atoms with E-state index in [9.17, 15) is 4.79 Å². The summed E-state index contributed by atoms with van der Waals surface area (Å²) in [5, 5.41) is 4.08. The average Bonchev–Trinajstić information content (AvgIpc) is 2.46. The molecule has 0 aliphatic rings. The maximum absolute atomic E-state index is 11.6. The van der Waals surface area contributed by atoms with Crippen molar-refractivity contribution >= 4 is 23.2 Å². The largest absolute Gasteiger partial charge is 0.381 e. The van der Waals surface area contributed by atoms with Gasteiger partial charge in [-0.05, 0) is 35.4 Å². The molecular weight excluding hydrogens is 284 g/mol. The van der Waals surface area contributed by atoms with Gasteiger partial charge in [-0.15, -0.1) is 0 Å². The molecule has 4 heteroatoms. The summed E-state index contributed by atoms with van der Waals surface area (Å²) in [5.74, 6) is 0.106. The van der Waals surface area contributed by atoms with Crippen LogP contribution in [0.4, 0.5) is 5.69 Å². The molecule has 0 spiro atoms. The van der Waals surface area contributed by atoms with Crippen molar-refractivity contribution in [1.29, 1.82) is 0 Å². The van der Waals surface area contributed by atoms with Gasteiger partial charge in [-0.25, -0.2) is 0 Å². The first-order valence-electron chi connectivity index (χ1n) is 6.82. The first kappa shape index (κ1) is 15.4. The van der Waals surface area contributed by atoms with Crippen LogP contribution in [0.1, 0.15) is 11.1 Å². The van der Waals surface area contributed by atoms with Gasteiger partial charge in [0.2, 0.25) is 5.91 Å². The molecule has 0 atom stereocenters. The van der Waals surface area contributed by atoms with Crippen molar-refractivity contribution in [2.24, 2.45) is 0 Å². The van der Waals surface area contributed by atoms with Crippen LogP contribution in [0, 0.1) is 0 Å². The molecule has 1 amide bonds. The Balaban J connectivity index is 1.92. The third-order valence-corrected chi connectivity index (χ3v) is 3.43. The Bertz CT molecular complexity index is 608. The molecule has 0 saturated heterocycles. The summed E-state index contributed by atoms with van der Waals surface area (Å²) in [7, 11) is 3.53. The molecule has 1 N–H and O–H groups in total. The summed E-state index contributed by atoms with van der Waals surface area (Å²) < 4.78 is 0. The lowest BCUT2D eigenvalue weighted by Gasteiger charge is -2.11. The summed E-state index contributed by atoms with van der Waals surface area (Å²) in [6, 6.07) is 15.7. The van der Waals surface area contributed by atoms with E-state index in [1.807, 2.05) is 48.5 Å². The van der Waals surface area contributed by atoms with Crippen molar-refractivity contribution < 1.29 is 4.79 Å². The smallest absolute Gasteiger partial charge is 0.226 e. The number of carbonyl (C=O) groups excluding carboxylic acids is 1. The number of halogens is 1. The van der Waals surface area contributed by atoms with E-state index in [1.54, 1.807) is 19.0 Å². The van der Waals surface area contributed by atoms with E-state index >= 15 is 0 Å². The van der Waals surface area contributed by atoms with Gasteiger partial charge < -0.3 is 10.2 Å². The van der Waals surface area contributed by atoms with Gasteiger partial charge in [-0.2, -0.15) is 0 Å². The molecule has 21 heavy (non-hydrogen) atoms. The van der Waals surface area contributed by atoms with Crippen molar-refractivity contribution in [3.8, 4) is 0 Å². The normalized spacial score (nSPS) is 10.2. The number of nitrogens with one attached hydrogen (secondary N) is 1. The summed E-state index contributed by atoms with van der Waals surface area (Å²) in [6.45, 7) is 0.719. The van der Waals surface area contributed by atoms with Gasteiger partial charge in [0.05, 0.1) is 6.42 Å². The van der Waals surface area contributed by atoms with E-state index in [-0.39, 0.29) is 5.91 Å². The van der Waals surface area contributed by atoms with Gasteiger partial charge in [0.1, 0.15) is 0 Å². The molecule has 0 aromatic heterocycles. The minimum absolute atomic E-state index is 0.106. The summed E-state index contributed by atoms with van der Waals surface area (Å²) >= 11 is 5.96. The quantitative estimate of drug-likeness (QED) is 0.915. The maximum Gasteiger partial charge on any atom is 0.226 e. The lowest BCUT2D eigenvalue weighted by Crippen LogP contribution is -2.23. The van der Waals surface area contributed by atoms with Crippen LogP contribution < -0.4 is 5.32 Å². The number of carbonyl (C=O) groups is 1. The van der Waals surface area contributed by atoms with Gasteiger partial charge in [-0.3, -0.25) is 4.79 Å².